The van der Waals surface area contributed by atoms with Crippen molar-refractivity contribution in [2.75, 3.05) is 20.0 Å². The second-order valence-corrected chi connectivity index (χ2v) is 15.5. The van der Waals surface area contributed by atoms with E-state index in [1.165, 1.54) is 14.2 Å². The van der Waals surface area contributed by atoms with Crippen LogP contribution in [0.2, 0.25) is 19.6 Å². The van der Waals surface area contributed by atoms with E-state index in [9.17, 15) is 9.59 Å². The van der Waals surface area contributed by atoms with Gasteiger partial charge in [-0.25, -0.2) is 0 Å². The van der Waals surface area contributed by atoms with Gasteiger partial charge in [-0.05, 0) is 72.5 Å². The first-order valence-corrected chi connectivity index (χ1v) is 15.7. The molecule has 3 aromatic rings. The zero-order chi connectivity index (χ0) is 26.1. The van der Waals surface area contributed by atoms with Gasteiger partial charge in [0.1, 0.15) is 8.07 Å². The van der Waals surface area contributed by atoms with E-state index in [1.807, 2.05) is 42.6 Å². The normalized spacial score (nSPS) is 16.6. The van der Waals surface area contributed by atoms with E-state index in [2.05, 4.69) is 42.2 Å². The Morgan fingerprint density at radius 3 is 1.97 bits per heavy atom. The van der Waals surface area contributed by atoms with Crippen molar-refractivity contribution in [2.24, 2.45) is 0 Å². The van der Waals surface area contributed by atoms with Crippen molar-refractivity contribution in [1.82, 2.24) is 4.98 Å². The fourth-order valence-electron chi connectivity index (χ4n) is 4.43. The van der Waals surface area contributed by atoms with Crippen molar-refractivity contribution in [2.45, 2.75) is 56.2 Å². The van der Waals surface area contributed by atoms with E-state index in [0.29, 0.717) is 5.69 Å². The number of ether oxygens (including phenoxy) is 2. The molecular weight excluding hydrogens is 468 g/mol. The highest BCUT2D eigenvalue weighted by molar-refractivity contribution is 6.83. The second-order valence-electron chi connectivity index (χ2n) is 10.7. The van der Waals surface area contributed by atoms with Crippen LogP contribution < -0.4 is 5.73 Å². The minimum absolute atomic E-state index is 0.109. The molecule has 0 aliphatic heterocycles. The van der Waals surface area contributed by atoms with E-state index in [-0.39, 0.29) is 17.4 Å². The van der Waals surface area contributed by atoms with Crippen molar-refractivity contribution in [3.8, 4) is 11.5 Å². The Hall–Kier alpha value is -3.50. The molecule has 188 valence electrons. The van der Waals surface area contributed by atoms with Crippen LogP contribution in [0.3, 0.4) is 0 Å². The number of aromatic nitrogens is 1. The van der Waals surface area contributed by atoms with Gasteiger partial charge in [-0.15, -0.1) is 5.54 Å². The molecule has 36 heavy (non-hydrogen) atoms. The lowest BCUT2D eigenvalue weighted by molar-refractivity contribution is -0.144. The molecule has 2 aliphatic carbocycles. The van der Waals surface area contributed by atoms with Crippen LogP contribution >= 0.6 is 0 Å². The van der Waals surface area contributed by atoms with Gasteiger partial charge < -0.3 is 20.2 Å². The Bertz CT molecular complexity index is 1370. The SMILES string of the molecule is COC(=O)C1(c2ccc(N)c(C#C[Si](C)(C)C)c2)CC1.COC(=O)C1(c2ccc3[nH]ccc3c2)CC1. The van der Waals surface area contributed by atoms with E-state index in [0.717, 1.165) is 53.3 Å². The molecule has 0 atom stereocenters. The zero-order valence-corrected chi connectivity index (χ0v) is 22.7. The third-order valence-electron chi connectivity index (χ3n) is 6.94. The Morgan fingerprint density at radius 1 is 0.889 bits per heavy atom. The molecule has 2 saturated carbocycles. The standard InChI is InChI=1S/C16H21NO2Si.C13H13NO2/c1-19-15(18)16(8-9-16)13-5-6-14(17)12(11-13)7-10-20(2,3)4;1-16-12(15)13(5-6-13)10-2-3-11-9(8-10)4-7-14-11/h5-6,11H,8-9,17H2,1-4H3;2-4,7-8,14H,5-6H2,1H3. The molecular formula is C29H34N2O4Si. The molecule has 6 nitrogen and oxygen atoms in total. The second kappa shape index (κ2) is 9.51. The third kappa shape index (κ3) is 5.05. The summed E-state index contributed by atoms with van der Waals surface area (Å²) < 4.78 is 9.80. The van der Waals surface area contributed by atoms with Crippen LogP contribution in [0.15, 0.2) is 48.7 Å². The van der Waals surface area contributed by atoms with Crippen LogP contribution in [0.1, 0.15) is 42.4 Å². The van der Waals surface area contributed by atoms with Crippen molar-refractivity contribution in [1.29, 1.82) is 0 Å². The Morgan fingerprint density at radius 2 is 1.44 bits per heavy atom. The number of fused-ring (bicyclic) bond motifs is 1. The monoisotopic (exact) mass is 502 g/mol. The highest BCUT2D eigenvalue weighted by Crippen LogP contribution is 2.50. The van der Waals surface area contributed by atoms with Gasteiger partial charge in [-0.3, -0.25) is 9.59 Å². The van der Waals surface area contributed by atoms with Crippen LogP contribution in [0.25, 0.3) is 10.9 Å². The Balaban J connectivity index is 0.000000173. The van der Waals surface area contributed by atoms with Gasteiger partial charge in [0.2, 0.25) is 0 Å². The number of hydrogen-bond donors (Lipinski definition) is 2. The zero-order valence-electron chi connectivity index (χ0n) is 21.7. The summed E-state index contributed by atoms with van der Waals surface area (Å²) in [5.74, 6) is 2.92. The van der Waals surface area contributed by atoms with Crippen LogP contribution in [0, 0.1) is 11.5 Å². The first-order chi connectivity index (χ1) is 17.0. The van der Waals surface area contributed by atoms with Crippen LogP contribution in [0.4, 0.5) is 5.69 Å². The van der Waals surface area contributed by atoms with Crippen molar-refractivity contribution >= 4 is 36.6 Å². The van der Waals surface area contributed by atoms with Gasteiger partial charge in [0.15, 0.2) is 0 Å². The molecule has 2 fully saturated rings. The van der Waals surface area contributed by atoms with E-state index in [1.54, 1.807) is 0 Å². The number of aromatic amines is 1. The molecule has 0 spiro atoms. The smallest absolute Gasteiger partial charge is 0.316 e. The molecule has 0 bridgehead atoms. The number of nitrogen functional groups attached to an aromatic ring is 1. The molecule has 1 aromatic heterocycles. The summed E-state index contributed by atoms with van der Waals surface area (Å²) in [7, 11) is 1.44. The molecule has 0 amide bonds. The van der Waals surface area contributed by atoms with Crippen LogP contribution in [0.5, 0.6) is 0 Å². The first-order valence-electron chi connectivity index (χ1n) is 12.2. The summed E-state index contributed by atoms with van der Waals surface area (Å²) in [6.07, 6.45) is 5.38. The van der Waals surface area contributed by atoms with Crippen molar-refractivity contribution in [3.63, 3.8) is 0 Å². The van der Waals surface area contributed by atoms with Crippen LogP contribution in [-0.4, -0.2) is 39.2 Å². The molecule has 2 aromatic carbocycles. The number of esters is 2. The minimum atomic E-state index is -1.45. The number of H-pyrrole nitrogens is 1. The fourth-order valence-corrected chi connectivity index (χ4v) is 4.94. The molecule has 5 rings (SSSR count). The third-order valence-corrected chi connectivity index (χ3v) is 7.81. The minimum Gasteiger partial charge on any atom is -0.468 e. The van der Waals surface area contributed by atoms with Crippen LogP contribution in [-0.2, 0) is 29.9 Å². The number of carbonyl (C=O) groups excluding carboxylic acids is 2. The van der Waals surface area contributed by atoms with Gasteiger partial charge in [-0.2, -0.15) is 0 Å². The lowest BCUT2D eigenvalue weighted by atomic mass is 9.94. The molecule has 0 saturated heterocycles. The fraction of sp³-hybridized carbons (Fsp3) is 0.379. The van der Waals surface area contributed by atoms with Gasteiger partial charge in [0.05, 0.1) is 25.0 Å². The number of nitrogens with two attached hydrogens (primary N) is 1. The van der Waals surface area contributed by atoms with Gasteiger partial charge in [0, 0.05) is 23.0 Å². The van der Waals surface area contributed by atoms with Gasteiger partial charge >= 0.3 is 11.9 Å². The summed E-state index contributed by atoms with van der Waals surface area (Å²) in [6.45, 7) is 6.57. The van der Waals surface area contributed by atoms with Crippen molar-refractivity contribution < 1.29 is 19.1 Å². The predicted molar refractivity (Wildman–Crippen MR) is 145 cm³/mol. The quantitative estimate of drug-likeness (QED) is 0.225. The van der Waals surface area contributed by atoms with Gasteiger partial charge in [-0.1, -0.05) is 37.7 Å². The summed E-state index contributed by atoms with van der Waals surface area (Å²) in [5, 5.41) is 1.15. The first kappa shape index (κ1) is 25.6. The average Bonchev–Trinajstić information content (AvgIpc) is 3.79. The molecule has 0 unspecified atom stereocenters. The maximum absolute atomic E-state index is 11.9. The number of hydrogen-bond acceptors (Lipinski definition) is 5. The summed E-state index contributed by atoms with van der Waals surface area (Å²) >= 11 is 0. The molecule has 1 heterocycles. The Labute approximate surface area is 213 Å². The van der Waals surface area contributed by atoms with E-state index < -0.39 is 13.5 Å². The Kier molecular flexibility index (Phi) is 6.76. The number of methoxy groups -OCH3 is 2. The molecule has 3 N–H and O–H groups in total. The number of benzene rings is 2. The maximum atomic E-state index is 11.9. The maximum Gasteiger partial charge on any atom is 0.316 e. The summed E-state index contributed by atoms with van der Waals surface area (Å²) in [5.41, 5.74) is 13.1. The predicted octanol–water partition coefficient (Wildman–Crippen LogP) is 5.07. The molecule has 0 radical (unpaired) electrons. The number of carbonyl (C=O) groups is 2. The number of anilines is 1. The topological polar surface area (TPSA) is 94.4 Å². The molecule has 2 aliphatic rings. The number of rotatable bonds is 4. The highest BCUT2D eigenvalue weighted by atomic mass is 28.3. The lowest BCUT2D eigenvalue weighted by Crippen LogP contribution is -2.22. The number of nitrogens with one attached hydrogen (secondary N) is 1. The summed E-state index contributed by atoms with van der Waals surface area (Å²) in [6, 6.07) is 13.8. The highest BCUT2D eigenvalue weighted by Gasteiger charge is 2.53. The molecule has 7 heteroatoms. The van der Waals surface area contributed by atoms with Gasteiger partial charge in [0.25, 0.3) is 0 Å². The van der Waals surface area contributed by atoms with E-state index >= 15 is 0 Å². The largest absolute Gasteiger partial charge is 0.468 e. The lowest BCUT2D eigenvalue weighted by Gasteiger charge is -2.14. The average molecular weight is 503 g/mol. The summed E-state index contributed by atoms with van der Waals surface area (Å²) in [4.78, 5) is 26.8. The van der Waals surface area contributed by atoms with E-state index in [4.69, 9.17) is 15.2 Å². The van der Waals surface area contributed by atoms with Crippen molar-refractivity contribution in [3.05, 3.63) is 65.4 Å².